The van der Waals surface area contributed by atoms with E-state index < -0.39 is 0 Å². The molecule has 0 bridgehead atoms. The number of hydrogen-bond donors (Lipinski definition) is 1. The van der Waals surface area contributed by atoms with Gasteiger partial charge in [0.15, 0.2) is 0 Å². The fourth-order valence-electron chi connectivity index (χ4n) is 1.35. The summed E-state index contributed by atoms with van der Waals surface area (Å²) in [6.45, 7) is 4.26. The molecule has 2 heteroatoms. The summed E-state index contributed by atoms with van der Waals surface area (Å²) in [5.74, 6) is 0. The van der Waals surface area contributed by atoms with Gasteiger partial charge in [-0.05, 0) is 37.6 Å². The van der Waals surface area contributed by atoms with Crippen molar-refractivity contribution < 1.29 is 0 Å². The van der Waals surface area contributed by atoms with Crippen molar-refractivity contribution in [1.82, 2.24) is 5.32 Å². The molecule has 1 nitrogen and oxygen atoms in total. The maximum Gasteiger partial charge on any atom is 0.0210 e. The maximum absolute atomic E-state index is 3.54. The Morgan fingerprint density at radius 3 is 2.80 bits per heavy atom. The van der Waals surface area contributed by atoms with Crippen molar-refractivity contribution in [3.63, 3.8) is 0 Å². The van der Waals surface area contributed by atoms with Gasteiger partial charge in [0.2, 0.25) is 0 Å². The number of allylic oxidation sites excluding steroid dienone is 1. The minimum absolute atomic E-state index is 1.01. The van der Waals surface area contributed by atoms with Crippen molar-refractivity contribution in [2.24, 2.45) is 0 Å². The molecule has 0 fully saturated rings. The molecular formula is C13H18BrN. The summed E-state index contributed by atoms with van der Waals surface area (Å²) in [4.78, 5) is 0. The summed E-state index contributed by atoms with van der Waals surface area (Å²) in [6.07, 6.45) is 6.59. The van der Waals surface area contributed by atoms with E-state index in [2.05, 4.69) is 58.5 Å². The normalized spacial score (nSPS) is 11.1. The van der Waals surface area contributed by atoms with Gasteiger partial charge in [-0.15, -0.1) is 0 Å². The Morgan fingerprint density at radius 1 is 1.27 bits per heavy atom. The fourth-order valence-corrected chi connectivity index (χ4v) is 1.80. The summed E-state index contributed by atoms with van der Waals surface area (Å²) >= 11 is 3.54. The van der Waals surface area contributed by atoms with E-state index in [0.717, 1.165) is 25.9 Å². The second-order valence-corrected chi connectivity index (χ2v) is 4.26. The topological polar surface area (TPSA) is 12.0 Å². The molecule has 1 N–H and O–H groups in total. The third-order valence-corrected chi connectivity index (χ3v) is 2.97. The van der Waals surface area contributed by atoms with Crippen LogP contribution in [0.25, 0.3) is 0 Å². The quantitative estimate of drug-likeness (QED) is 0.614. The third kappa shape index (κ3) is 5.14. The van der Waals surface area contributed by atoms with Gasteiger partial charge >= 0.3 is 0 Å². The van der Waals surface area contributed by atoms with Crippen LogP contribution in [-0.2, 0) is 6.42 Å². The van der Waals surface area contributed by atoms with E-state index in [9.17, 15) is 0 Å². The van der Waals surface area contributed by atoms with Crippen LogP contribution >= 0.6 is 15.9 Å². The van der Waals surface area contributed by atoms with E-state index in [-0.39, 0.29) is 0 Å². The molecule has 0 aromatic heterocycles. The van der Waals surface area contributed by atoms with Gasteiger partial charge in [0.1, 0.15) is 0 Å². The fraction of sp³-hybridized carbons (Fsp3) is 0.385. The van der Waals surface area contributed by atoms with Gasteiger partial charge in [-0.3, -0.25) is 0 Å². The molecule has 15 heavy (non-hydrogen) atoms. The standard InChI is InChI=1S/C13H18BrN/c1-2-15-11-7-3-4-8-12-9-5-6-10-13(12)14/h3-6,9-10,15H,2,7-8,11H2,1H3. The molecule has 0 radical (unpaired) electrons. The predicted octanol–water partition coefficient (Wildman–Crippen LogP) is 3.55. The second-order valence-electron chi connectivity index (χ2n) is 3.41. The summed E-state index contributed by atoms with van der Waals surface area (Å²) in [7, 11) is 0. The first-order valence-corrected chi connectivity index (χ1v) is 6.23. The monoisotopic (exact) mass is 267 g/mol. The van der Waals surface area contributed by atoms with E-state index in [4.69, 9.17) is 0 Å². The van der Waals surface area contributed by atoms with Crippen molar-refractivity contribution in [1.29, 1.82) is 0 Å². The van der Waals surface area contributed by atoms with Crippen LogP contribution in [0.15, 0.2) is 40.9 Å². The lowest BCUT2D eigenvalue weighted by Gasteiger charge is -1.99. The molecule has 0 atom stereocenters. The number of halogens is 1. The second kappa shape index (κ2) is 7.66. The van der Waals surface area contributed by atoms with Gasteiger partial charge in [-0.1, -0.05) is 53.2 Å². The molecule has 1 aromatic rings. The zero-order chi connectivity index (χ0) is 10.9. The van der Waals surface area contributed by atoms with Gasteiger partial charge in [0, 0.05) is 4.47 Å². The van der Waals surface area contributed by atoms with E-state index in [1.165, 1.54) is 10.0 Å². The lowest BCUT2D eigenvalue weighted by atomic mass is 10.1. The average molecular weight is 268 g/mol. The average Bonchev–Trinajstić information content (AvgIpc) is 2.25. The van der Waals surface area contributed by atoms with Crippen LogP contribution < -0.4 is 5.32 Å². The summed E-state index contributed by atoms with van der Waals surface area (Å²) < 4.78 is 1.20. The van der Waals surface area contributed by atoms with Crippen LogP contribution in [0.3, 0.4) is 0 Å². The van der Waals surface area contributed by atoms with Crippen molar-refractivity contribution in [2.75, 3.05) is 13.1 Å². The maximum atomic E-state index is 3.54. The zero-order valence-corrected chi connectivity index (χ0v) is 10.8. The summed E-state index contributed by atoms with van der Waals surface area (Å²) in [6, 6.07) is 8.36. The molecule has 1 aromatic carbocycles. The minimum atomic E-state index is 1.01. The number of nitrogens with one attached hydrogen (secondary N) is 1. The van der Waals surface area contributed by atoms with Gasteiger partial charge in [0.05, 0.1) is 0 Å². The highest BCUT2D eigenvalue weighted by atomic mass is 79.9. The molecule has 0 aliphatic carbocycles. The zero-order valence-electron chi connectivity index (χ0n) is 9.17. The number of benzene rings is 1. The van der Waals surface area contributed by atoms with E-state index in [1.807, 2.05) is 6.07 Å². The SMILES string of the molecule is CCNCCC=CCc1ccccc1Br. The molecule has 0 unspecified atom stereocenters. The van der Waals surface area contributed by atoms with Gasteiger partial charge in [-0.2, -0.15) is 0 Å². The molecule has 0 saturated heterocycles. The first-order valence-electron chi connectivity index (χ1n) is 5.43. The Hall–Kier alpha value is -0.600. The lowest BCUT2D eigenvalue weighted by Crippen LogP contribution is -2.12. The highest BCUT2D eigenvalue weighted by Crippen LogP contribution is 2.16. The largest absolute Gasteiger partial charge is 0.317 e. The molecule has 0 aliphatic heterocycles. The highest BCUT2D eigenvalue weighted by molar-refractivity contribution is 9.10. The van der Waals surface area contributed by atoms with E-state index in [1.54, 1.807) is 0 Å². The molecule has 0 aliphatic rings. The van der Waals surface area contributed by atoms with Crippen LogP contribution in [-0.4, -0.2) is 13.1 Å². The third-order valence-electron chi connectivity index (χ3n) is 2.20. The molecule has 1 rings (SSSR count). The van der Waals surface area contributed by atoms with Crippen LogP contribution in [0.1, 0.15) is 18.9 Å². The summed E-state index contributed by atoms with van der Waals surface area (Å²) in [5.41, 5.74) is 1.34. The first kappa shape index (κ1) is 12.5. The summed E-state index contributed by atoms with van der Waals surface area (Å²) in [5, 5.41) is 3.30. The minimum Gasteiger partial charge on any atom is -0.317 e. The van der Waals surface area contributed by atoms with E-state index in [0.29, 0.717) is 0 Å². The lowest BCUT2D eigenvalue weighted by molar-refractivity contribution is 0.726. The van der Waals surface area contributed by atoms with Crippen molar-refractivity contribution in [3.05, 3.63) is 46.5 Å². The smallest absolute Gasteiger partial charge is 0.0210 e. The van der Waals surface area contributed by atoms with Crippen LogP contribution in [0, 0.1) is 0 Å². The van der Waals surface area contributed by atoms with Gasteiger partial charge in [0.25, 0.3) is 0 Å². The number of hydrogen-bond acceptors (Lipinski definition) is 1. The Kier molecular flexibility index (Phi) is 6.37. The van der Waals surface area contributed by atoms with Gasteiger partial charge in [-0.25, -0.2) is 0 Å². The molecular weight excluding hydrogens is 250 g/mol. The van der Waals surface area contributed by atoms with Crippen LogP contribution in [0.2, 0.25) is 0 Å². The molecule has 0 spiro atoms. The Labute approximate surface area is 101 Å². The molecule has 82 valence electrons. The molecule has 0 heterocycles. The van der Waals surface area contributed by atoms with Crippen molar-refractivity contribution >= 4 is 15.9 Å². The van der Waals surface area contributed by atoms with Crippen LogP contribution in [0.4, 0.5) is 0 Å². The predicted molar refractivity (Wildman–Crippen MR) is 70.1 cm³/mol. The molecule has 0 amide bonds. The van der Waals surface area contributed by atoms with E-state index >= 15 is 0 Å². The number of rotatable bonds is 6. The van der Waals surface area contributed by atoms with Crippen molar-refractivity contribution in [2.45, 2.75) is 19.8 Å². The highest BCUT2D eigenvalue weighted by Gasteiger charge is 1.93. The Balaban J connectivity index is 2.28. The first-order chi connectivity index (χ1) is 7.34. The Bertz CT molecular complexity index is 307. The van der Waals surface area contributed by atoms with Crippen molar-refractivity contribution in [3.8, 4) is 0 Å². The molecule has 0 saturated carbocycles. The van der Waals surface area contributed by atoms with Crippen LogP contribution in [0.5, 0.6) is 0 Å². The van der Waals surface area contributed by atoms with Gasteiger partial charge < -0.3 is 5.32 Å². The Morgan fingerprint density at radius 2 is 2.07 bits per heavy atom.